The number of hydrogen-bond acceptors (Lipinski definition) is 1. The van der Waals surface area contributed by atoms with Crippen molar-refractivity contribution in [2.24, 2.45) is 4.99 Å². The Labute approximate surface area is 148 Å². The molecule has 0 aliphatic heterocycles. The first-order valence-electron chi connectivity index (χ1n) is 7.41. The molecule has 0 N–H and O–H groups in total. The summed E-state index contributed by atoms with van der Waals surface area (Å²) < 4.78 is 94.3. The molecule has 0 heterocycles. The molecule has 0 saturated heterocycles. The van der Waals surface area contributed by atoms with Gasteiger partial charge in [0, 0.05) is 11.1 Å². The van der Waals surface area contributed by atoms with Gasteiger partial charge in [0.2, 0.25) is 5.82 Å². The molecule has 0 aliphatic rings. The van der Waals surface area contributed by atoms with Crippen LogP contribution in [-0.4, -0.2) is 5.71 Å². The molecule has 3 aromatic carbocycles. The maximum Gasteiger partial charge on any atom is 0.200 e. The fraction of sp³-hybridized carbons (Fsp3) is 0. The lowest BCUT2D eigenvalue weighted by atomic mass is 10.0. The normalized spacial score (nSPS) is 10.8. The van der Waals surface area contributed by atoms with Crippen molar-refractivity contribution in [2.75, 3.05) is 0 Å². The standard InChI is InChI=1S/C19H8F7N/c20-11-5-1-9(2-6-11)18(10-3-7-12(21)8-4-10)27-19-16(25)14(23)13(22)15(24)17(19)26/h1-8H. The zero-order chi connectivity index (χ0) is 19.7. The van der Waals surface area contributed by atoms with E-state index in [0.29, 0.717) is 0 Å². The molecule has 0 aromatic heterocycles. The molecular formula is C19H8F7N. The van der Waals surface area contributed by atoms with Gasteiger partial charge in [0.1, 0.15) is 17.3 Å². The fourth-order valence-corrected chi connectivity index (χ4v) is 2.31. The van der Waals surface area contributed by atoms with Crippen LogP contribution in [0, 0.1) is 40.7 Å². The van der Waals surface area contributed by atoms with E-state index in [1.807, 2.05) is 0 Å². The Kier molecular flexibility index (Phi) is 4.98. The number of nitrogens with zero attached hydrogens (tertiary/aromatic N) is 1. The van der Waals surface area contributed by atoms with E-state index in [4.69, 9.17) is 0 Å². The van der Waals surface area contributed by atoms with E-state index in [1.165, 1.54) is 24.3 Å². The minimum atomic E-state index is -2.31. The molecule has 0 atom stereocenters. The Bertz CT molecular complexity index is 949. The zero-order valence-electron chi connectivity index (χ0n) is 13.2. The van der Waals surface area contributed by atoms with Crippen LogP contribution >= 0.6 is 0 Å². The van der Waals surface area contributed by atoms with Gasteiger partial charge in [-0.1, -0.05) is 0 Å². The van der Waals surface area contributed by atoms with Crippen molar-refractivity contribution in [2.45, 2.75) is 0 Å². The third-order valence-corrected chi connectivity index (χ3v) is 3.65. The second-order valence-electron chi connectivity index (χ2n) is 5.39. The number of benzene rings is 3. The van der Waals surface area contributed by atoms with E-state index in [9.17, 15) is 30.7 Å². The average molecular weight is 383 g/mol. The Morgan fingerprint density at radius 1 is 0.481 bits per heavy atom. The van der Waals surface area contributed by atoms with E-state index in [2.05, 4.69) is 4.99 Å². The van der Waals surface area contributed by atoms with Crippen LogP contribution in [-0.2, 0) is 0 Å². The predicted octanol–water partition coefficient (Wildman–Crippen LogP) is 5.83. The minimum Gasteiger partial charge on any atom is -0.241 e. The highest BCUT2D eigenvalue weighted by Crippen LogP contribution is 2.31. The summed E-state index contributed by atoms with van der Waals surface area (Å²) in [5.41, 5.74) is -1.41. The first-order chi connectivity index (χ1) is 12.8. The average Bonchev–Trinajstić information content (AvgIpc) is 2.67. The van der Waals surface area contributed by atoms with E-state index in [1.54, 1.807) is 0 Å². The van der Waals surface area contributed by atoms with E-state index in [-0.39, 0.29) is 16.8 Å². The van der Waals surface area contributed by atoms with Crippen molar-refractivity contribution in [1.29, 1.82) is 0 Å². The summed E-state index contributed by atoms with van der Waals surface area (Å²) in [5, 5.41) is 0. The summed E-state index contributed by atoms with van der Waals surface area (Å²) in [6, 6.07) is 8.87. The second kappa shape index (κ2) is 7.22. The zero-order valence-corrected chi connectivity index (χ0v) is 13.2. The molecule has 3 aromatic rings. The molecule has 0 radical (unpaired) electrons. The van der Waals surface area contributed by atoms with E-state index < -0.39 is 46.4 Å². The lowest BCUT2D eigenvalue weighted by Crippen LogP contribution is -2.06. The van der Waals surface area contributed by atoms with Gasteiger partial charge >= 0.3 is 0 Å². The third kappa shape index (κ3) is 3.55. The summed E-state index contributed by atoms with van der Waals surface area (Å²) in [5.74, 6) is -12.1. The van der Waals surface area contributed by atoms with Gasteiger partial charge in [-0.25, -0.2) is 35.7 Å². The van der Waals surface area contributed by atoms with E-state index >= 15 is 0 Å². The van der Waals surface area contributed by atoms with Crippen LogP contribution in [0.4, 0.5) is 36.4 Å². The largest absolute Gasteiger partial charge is 0.241 e. The van der Waals surface area contributed by atoms with Gasteiger partial charge in [0.15, 0.2) is 23.3 Å². The van der Waals surface area contributed by atoms with Crippen LogP contribution in [0.1, 0.15) is 11.1 Å². The van der Waals surface area contributed by atoms with Crippen LogP contribution in [0.25, 0.3) is 0 Å². The Balaban J connectivity index is 2.28. The van der Waals surface area contributed by atoms with Crippen molar-refractivity contribution >= 4 is 11.4 Å². The molecule has 27 heavy (non-hydrogen) atoms. The van der Waals surface area contributed by atoms with Gasteiger partial charge in [-0.15, -0.1) is 0 Å². The van der Waals surface area contributed by atoms with Crippen LogP contribution in [0.5, 0.6) is 0 Å². The lowest BCUT2D eigenvalue weighted by molar-refractivity contribution is 0.381. The van der Waals surface area contributed by atoms with Gasteiger partial charge in [0.05, 0.1) is 5.71 Å². The first kappa shape index (κ1) is 18.6. The minimum absolute atomic E-state index is 0.118. The summed E-state index contributed by atoms with van der Waals surface area (Å²) in [4.78, 5) is 3.60. The monoisotopic (exact) mass is 383 g/mol. The highest BCUT2D eigenvalue weighted by Gasteiger charge is 2.26. The van der Waals surface area contributed by atoms with Crippen molar-refractivity contribution < 1.29 is 30.7 Å². The molecule has 0 bridgehead atoms. The molecule has 0 saturated carbocycles. The van der Waals surface area contributed by atoms with Crippen molar-refractivity contribution in [3.63, 3.8) is 0 Å². The number of rotatable bonds is 3. The van der Waals surface area contributed by atoms with Gasteiger partial charge in [-0.05, 0) is 48.5 Å². The lowest BCUT2D eigenvalue weighted by Gasteiger charge is -2.10. The van der Waals surface area contributed by atoms with Crippen LogP contribution in [0.3, 0.4) is 0 Å². The summed E-state index contributed by atoms with van der Waals surface area (Å²) >= 11 is 0. The van der Waals surface area contributed by atoms with Gasteiger partial charge < -0.3 is 0 Å². The molecule has 0 fully saturated rings. The molecule has 0 aliphatic carbocycles. The topological polar surface area (TPSA) is 12.4 Å². The van der Waals surface area contributed by atoms with Crippen LogP contribution < -0.4 is 0 Å². The summed E-state index contributed by atoms with van der Waals surface area (Å²) in [6.45, 7) is 0. The SMILES string of the molecule is Fc1ccc(C(=Nc2c(F)c(F)c(F)c(F)c2F)c2ccc(F)cc2)cc1. The van der Waals surface area contributed by atoms with Crippen LogP contribution in [0.15, 0.2) is 53.5 Å². The molecule has 0 spiro atoms. The molecule has 1 nitrogen and oxygen atoms in total. The first-order valence-corrected chi connectivity index (χ1v) is 7.41. The number of aliphatic imine (C=N–C) groups is 1. The van der Waals surface area contributed by atoms with Gasteiger partial charge in [0.25, 0.3) is 0 Å². The molecule has 0 unspecified atom stereocenters. The molecule has 8 heteroatoms. The maximum absolute atomic E-state index is 14.0. The summed E-state index contributed by atoms with van der Waals surface area (Å²) in [6.07, 6.45) is 0. The molecule has 0 amide bonds. The molecule has 3 rings (SSSR count). The highest BCUT2D eigenvalue weighted by atomic mass is 19.2. The molecular weight excluding hydrogens is 375 g/mol. The van der Waals surface area contributed by atoms with Crippen molar-refractivity contribution in [3.05, 3.63) is 100 Å². The predicted molar refractivity (Wildman–Crippen MR) is 84.3 cm³/mol. The quantitative estimate of drug-likeness (QED) is 0.234. The number of hydrogen-bond donors (Lipinski definition) is 0. The van der Waals surface area contributed by atoms with E-state index in [0.717, 1.165) is 24.3 Å². The Morgan fingerprint density at radius 3 is 1.19 bits per heavy atom. The van der Waals surface area contributed by atoms with Gasteiger partial charge in [-0.3, -0.25) is 0 Å². The van der Waals surface area contributed by atoms with Crippen molar-refractivity contribution in [3.8, 4) is 0 Å². The van der Waals surface area contributed by atoms with Gasteiger partial charge in [-0.2, -0.15) is 0 Å². The second-order valence-corrected chi connectivity index (χ2v) is 5.39. The highest BCUT2D eigenvalue weighted by molar-refractivity contribution is 6.14. The number of halogens is 7. The van der Waals surface area contributed by atoms with Crippen molar-refractivity contribution in [1.82, 2.24) is 0 Å². The fourth-order valence-electron chi connectivity index (χ4n) is 2.31. The van der Waals surface area contributed by atoms with Crippen LogP contribution in [0.2, 0.25) is 0 Å². The third-order valence-electron chi connectivity index (χ3n) is 3.65. The Morgan fingerprint density at radius 2 is 0.815 bits per heavy atom. The molecule has 138 valence electrons. The Hall–Kier alpha value is -3.16. The maximum atomic E-state index is 14.0. The smallest absolute Gasteiger partial charge is 0.200 e. The summed E-state index contributed by atoms with van der Waals surface area (Å²) in [7, 11) is 0.